The number of benzene rings is 2. The predicted molar refractivity (Wildman–Crippen MR) is 120 cm³/mol. The summed E-state index contributed by atoms with van der Waals surface area (Å²) in [5.74, 6) is -0.384. The minimum Gasteiger partial charge on any atom is -0.376 e. The van der Waals surface area contributed by atoms with Crippen LogP contribution in [0.15, 0.2) is 48.5 Å². The molecule has 0 aliphatic rings. The molecule has 0 aliphatic heterocycles. The Labute approximate surface area is 177 Å². The molecule has 2 aromatic carbocycles. The smallest absolute Gasteiger partial charge is 0.253 e. The molecule has 0 heterocycles. The average Bonchev–Trinajstić information content (AvgIpc) is 2.77. The molecule has 2 aromatic rings. The van der Waals surface area contributed by atoms with E-state index < -0.39 is 0 Å². The molecule has 3 amide bonds. The number of carbonyl (C=O) groups is 3. The van der Waals surface area contributed by atoms with E-state index in [1.807, 2.05) is 26.8 Å². The molecule has 0 saturated heterocycles. The van der Waals surface area contributed by atoms with Gasteiger partial charge in [-0.3, -0.25) is 14.4 Å². The van der Waals surface area contributed by atoms with Gasteiger partial charge in [-0.1, -0.05) is 13.0 Å². The zero-order valence-electron chi connectivity index (χ0n) is 17.8. The maximum Gasteiger partial charge on any atom is 0.253 e. The summed E-state index contributed by atoms with van der Waals surface area (Å²) in [4.78, 5) is 38.4. The van der Waals surface area contributed by atoms with Crippen LogP contribution in [0.5, 0.6) is 0 Å². The molecule has 0 spiro atoms. The lowest BCUT2D eigenvalue weighted by Gasteiger charge is -2.19. The number of hydrogen-bond acceptors (Lipinski definition) is 4. The Balaban J connectivity index is 1.90. The zero-order chi connectivity index (χ0) is 21.9. The van der Waals surface area contributed by atoms with Gasteiger partial charge in [-0.2, -0.15) is 0 Å². The number of nitrogens with zero attached hydrogens (tertiary/aromatic N) is 1. The first-order valence-corrected chi connectivity index (χ1v) is 10.3. The highest BCUT2D eigenvalue weighted by atomic mass is 16.2. The van der Waals surface area contributed by atoms with E-state index in [0.717, 1.165) is 6.42 Å². The number of rotatable bonds is 10. The summed E-state index contributed by atoms with van der Waals surface area (Å²) in [6.45, 7) is 7.86. The number of carbonyl (C=O) groups excluding carboxylic acids is 3. The largest absolute Gasteiger partial charge is 0.376 e. The Morgan fingerprint density at radius 2 is 1.57 bits per heavy atom. The molecule has 0 radical (unpaired) electrons. The van der Waals surface area contributed by atoms with Gasteiger partial charge in [-0.25, -0.2) is 0 Å². The molecule has 0 bridgehead atoms. The second kappa shape index (κ2) is 11.6. The highest BCUT2D eigenvalue weighted by molar-refractivity contribution is 5.97. The second-order valence-corrected chi connectivity index (χ2v) is 6.79. The maximum absolute atomic E-state index is 12.5. The van der Waals surface area contributed by atoms with E-state index in [9.17, 15) is 14.4 Å². The van der Waals surface area contributed by atoms with E-state index in [-0.39, 0.29) is 24.3 Å². The molecule has 2 rings (SSSR count). The fraction of sp³-hybridized carbons (Fsp3) is 0.348. The molecule has 7 heteroatoms. The highest BCUT2D eigenvalue weighted by Crippen LogP contribution is 2.13. The van der Waals surface area contributed by atoms with Crippen LogP contribution in [0, 0.1) is 0 Å². The van der Waals surface area contributed by atoms with Crippen LogP contribution in [0.3, 0.4) is 0 Å². The third-order valence-corrected chi connectivity index (χ3v) is 4.58. The van der Waals surface area contributed by atoms with Gasteiger partial charge in [-0.15, -0.1) is 0 Å². The van der Waals surface area contributed by atoms with Gasteiger partial charge in [0.1, 0.15) is 0 Å². The van der Waals surface area contributed by atoms with Crippen molar-refractivity contribution in [3.05, 3.63) is 59.7 Å². The lowest BCUT2D eigenvalue weighted by atomic mass is 10.1. The zero-order valence-corrected chi connectivity index (χ0v) is 17.8. The first kappa shape index (κ1) is 22.9. The fourth-order valence-corrected chi connectivity index (χ4v) is 2.89. The standard InChI is InChI=1S/C23H30N4O3/c1-4-14-24-22(29)17-10-12-19(13-11-17)26-21(28)16-25-20-9-7-8-18(15-20)23(30)27(5-2)6-3/h7-13,15,25H,4-6,14,16H2,1-3H3,(H,24,29)(H,26,28). The van der Waals surface area contributed by atoms with Crippen LogP contribution in [0.1, 0.15) is 47.9 Å². The molecule has 0 aliphatic carbocycles. The van der Waals surface area contributed by atoms with Crippen molar-refractivity contribution < 1.29 is 14.4 Å². The van der Waals surface area contributed by atoms with E-state index in [1.165, 1.54) is 0 Å². The Hall–Kier alpha value is -3.35. The van der Waals surface area contributed by atoms with Gasteiger partial charge in [0.15, 0.2) is 0 Å². The number of anilines is 2. The fourth-order valence-electron chi connectivity index (χ4n) is 2.89. The van der Waals surface area contributed by atoms with E-state index in [2.05, 4.69) is 16.0 Å². The SMILES string of the molecule is CCCNC(=O)c1ccc(NC(=O)CNc2cccc(C(=O)N(CC)CC)c2)cc1. The summed E-state index contributed by atoms with van der Waals surface area (Å²) >= 11 is 0. The minimum atomic E-state index is -0.223. The van der Waals surface area contributed by atoms with Crippen molar-refractivity contribution >= 4 is 29.1 Å². The molecular weight excluding hydrogens is 380 g/mol. The Bertz CT molecular complexity index is 861. The first-order valence-electron chi connectivity index (χ1n) is 10.3. The third-order valence-electron chi connectivity index (χ3n) is 4.58. The van der Waals surface area contributed by atoms with Crippen molar-refractivity contribution in [2.75, 3.05) is 36.8 Å². The molecule has 0 unspecified atom stereocenters. The molecule has 3 N–H and O–H groups in total. The number of amides is 3. The molecule has 0 aromatic heterocycles. The van der Waals surface area contributed by atoms with Crippen molar-refractivity contribution in [1.29, 1.82) is 0 Å². The predicted octanol–water partition coefficient (Wildman–Crippen LogP) is 3.36. The van der Waals surface area contributed by atoms with Crippen LogP contribution in [0.25, 0.3) is 0 Å². The monoisotopic (exact) mass is 410 g/mol. The van der Waals surface area contributed by atoms with Gasteiger partial charge in [0.05, 0.1) is 6.54 Å². The lowest BCUT2D eigenvalue weighted by Crippen LogP contribution is -2.30. The quantitative estimate of drug-likeness (QED) is 0.560. The normalized spacial score (nSPS) is 10.2. The topological polar surface area (TPSA) is 90.5 Å². The summed E-state index contributed by atoms with van der Waals surface area (Å²) < 4.78 is 0. The Morgan fingerprint density at radius 1 is 0.867 bits per heavy atom. The van der Waals surface area contributed by atoms with Crippen LogP contribution in [-0.2, 0) is 4.79 Å². The van der Waals surface area contributed by atoms with E-state index in [4.69, 9.17) is 0 Å². The summed E-state index contributed by atoms with van der Waals surface area (Å²) in [7, 11) is 0. The van der Waals surface area contributed by atoms with Crippen LogP contribution in [0.4, 0.5) is 11.4 Å². The van der Waals surface area contributed by atoms with Crippen molar-refractivity contribution in [2.45, 2.75) is 27.2 Å². The number of hydrogen-bond donors (Lipinski definition) is 3. The first-order chi connectivity index (χ1) is 14.5. The van der Waals surface area contributed by atoms with Crippen LogP contribution in [0.2, 0.25) is 0 Å². The van der Waals surface area contributed by atoms with Gasteiger partial charge in [0, 0.05) is 42.1 Å². The molecule has 0 saturated carbocycles. The highest BCUT2D eigenvalue weighted by Gasteiger charge is 2.13. The molecule has 30 heavy (non-hydrogen) atoms. The maximum atomic E-state index is 12.5. The van der Waals surface area contributed by atoms with Gasteiger partial charge in [0.25, 0.3) is 11.8 Å². The van der Waals surface area contributed by atoms with Crippen LogP contribution < -0.4 is 16.0 Å². The molecule has 7 nitrogen and oxygen atoms in total. The van der Waals surface area contributed by atoms with E-state index in [1.54, 1.807) is 47.4 Å². The summed E-state index contributed by atoms with van der Waals surface area (Å²) in [6, 6.07) is 13.9. The Morgan fingerprint density at radius 3 is 2.20 bits per heavy atom. The van der Waals surface area contributed by atoms with E-state index in [0.29, 0.717) is 42.1 Å². The molecule has 0 atom stereocenters. The summed E-state index contributed by atoms with van der Waals surface area (Å²) in [5, 5.41) is 8.64. The van der Waals surface area contributed by atoms with Crippen LogP contribution >= 0.6 is 0 Å². The van der Waals surface area contributed by atoms with Gasteiger partial charge >= 0.3 is 0 Å². The van der Waals surface area contributed by atoms with Crippen molar-refractivity contribution in [3.63, 3.8) is 0 Å². The van der Waals surface area contributed by atoms with Crippen molar-refractivity contribution in [3.8, 4) is 0 Å². The van der Waals surface area contributed by atoms with Gasteiger partial charge in [0.2, 0.25) is 5.91 Å². The minimum absolute atomic E-state index is 0.0313. The van der Waals surface area contributed by atoms with Gasteiger partial charge in [-0.05, 0) is 62.7 Å². The summed E-state index contributed by atoms with van der Waals surface area (Å²) in [6.07, 6.45) is 0.874. The van der Waals surface area contributed by atoms with E-state index >= 15 is 0 Å². The summed E-state index contributed by atoms with van der Waals surface area (Å²) in [5.41, 5.74) is 2.45. The molecule has 160 valence electrons. The van der Waals surface area contributed by atoms with Crippen LogP contribution in [-0.4, -0.2) is 48.8 Å². The molecular formula is C23H30N4O3. The van der Waals surface area contributed by atoms with Crippen molar-refractivity contribution in [1.82, 2.24) is 10.2 Å². The lowest BCUT2D eigenvalue weighted by molar-refractivity contribution is -0.114. The number of nitrogens with one attached hydrogen (secondary N) is 3. The third kappa shape index (κ3) is 6.62. The Kier molecular flexibility index (Phi) is 8.87. The average molecular weight is 411 g/mol. The molecule has 0 fully saturated rings. The van der Waals surface area contributed by atoms with Crippen molar-refractivity contribution in [2.24, 2.45) is 0 Å². The van der Waals surface area contributed by atoms with Gasteiger partial charge < -0.3 is 20.9 Å². The second-order valence-electron chi connectivity index (χ2n) is 6.79.